The first kappa shape index (κ1) is 19.4. The van der Waals surface area contributed by atoms with E-state index in [4.69, 9.17) is 9.47 Å². The number of aliphatic hydroxyl groups is 1. The zero-order chi connectivity index (χ0) is 19.9. The highest BCUT2D eigenvalue weighted by molar-refractivity contribution is 5.67. The van der Waals surface area contributed by atoms with Gasteiger partial charge in [-0.1, -0.05) is 6.07 Å². The van der Waals surface area contributed by atoms with Crippen LogP contribution < -0.4 is 20.1 Å². The van der Waals surface area contributed by atoms with E-state index in [9.17, 15) is 5.11 Å². The number of hydrogen-bond donors (Lipinski definition) is 3. The average Bonchev–Trinajstić information content (AvgIpc) is 2.74. The van der Waals surface area contributed by atoms with Crippen LogP contribution in [0.5, 0.6) is 11.5 Å². The van der Waals surface area contributed by atoms with Gasteiger partial charge < -0.3 is 25.2 Å². The zero-order valence-electron chi connectivity index (χ0n) is 16.0. The summed E-state index contributed by atoms with van der Waals surface area (Å²) in [5, 5.41) is 15.7. The lowest BCUT2D eigenvalue weighted by atomic mass is 10.2. The summed E-state index contributed by atoms with van der Waals surface area (Å²) in [6, 6.07) is 12.8. The summed E-state index contributed by atoms with van der Waals surface area (Å²) in [7, 11) is 3.18. The molecule has 8 nitrogen and oxygen atoms in total. The lowest BCUT2D eigenvalue weighted by Crippen LogP contribution is -2.21. The molecule has 2 heterocycles. The fourth-order valence-electron chi connectivity index (χ4n) is 2.55. The summed E-state index contributed by atoms with van der Waals surface area (Å²) in [6.45, 7) is 1.81. The molecule has 28 heavy (non-hydrogen) atoms. The Hall–Kier alpha value is -3.39. The van der Waals surface area contributed by atoms with E-state index >= 15 is 0 Å². The van der Waals surface area contributed by atoms with Gasteiger partial charge in [0.25, 0.3) is 0 Å². The van der Waals surface area contributed by atoms with Gasteiger partial charge in [-0.05, 0) is 31.2 Å². The Labute approximate surface area is 163 Å². The fourth-order valence-corrected chi connectivity index (χ4v) is 2.55. The van der Waals surface area contributed by atoms with Crippen LogP contribution in [-0.4, -0.2) is 46.9 Å². The summed E-state index contributed by atoms with van der Waals surface area (Å²) >= 11 is 0. The van der Waals surface area contributed by atoms with Crippen molar-refractivity contribution in [1.29, 1.82) is 0 Å². The van der Waals surface area contributed by atoms with E-state index in [1.807, 2.05) is 49.4 Å². The van der Waals surface area contributed by atoms with Gasteiger partial charge in [0.1, 0.15) is 5.82 Å². The Kier molecular flexibility index (Phi) is 6.23. The first-order valence-electron chi connectivity index (χ1n) is 8.80. The highest BCUT2D eigenvalue weighted by Crippen LogP contribution is 2.31. The number of aromatic nitrogens is 3. The first-order chi connectivity index (χ1) is 13.6. The summed E-state index contributed by atoms with van der Waals surface area (Å²) < 4.78 is 10.6. The molecule has 3 N–H and O–H groups in total. The normalized spacial score (nSPS) is 11.6. The van der Waals surface area contributed by atoms with Crippen LogP contribution >= 0.6 is 0 Å². The maximum Gasteiger partial charge on any atom is 0.225 e. The van der Waals surface area contributed by atoms with Crippen LogP contribution in [-0.2, 0) is 0 Å². The lowest BCUT2D eigenvalue weighted by molar-refractivity contribution is 0.281. The first-order valence-corrected chi connectivity index (χ1v) is 8.80. The van der Waals surface area contributed by atoms with Crippen molar-refractivity contribution in [3.63, 3.8) is 0 Å². The molecule has 0 unspecified atom stereocenters. The van der Waals surface area contributed by atoms with Crippen LogP contribution in [0, 0.1) is 0 Å². The number of nitrogens with zero attached hydrogens (tertiary/aromatic N) is 3. The fraction of sp³-hybridized carbons (Fsp3) is 0.250. The summed E-state index contributed by atoms with van der Waals surface area (Å²) in [5.41, 5.74) is 2.16. The molecule has 0 bridgehead atoms. The predicted molar refractivity (Wildman–Crippen MR) is 108 cm³/mol. The van der Waals surface area contributed by atoms with Gasteiger partial charge >= 0.3 is 0 Å². The molecule has 8 heteroatoms. The number of nitrogens with one attached hydrogen (secondary N) is 2. The Bertz CT molecular complexity index is 921. The van der Waals surface area contributed by atoms with Crippen molar-refractivity contribution in [2.45, 2.75) is 13.0 Å². The standard InChI is InChI=1S/C20H23N5O3/c1-13(12-26)22-20-24-16(15-6-4-5-9-21-15)11-19(25-20)23-14-7-8-17(27-2)18(10-14)28-3/h4-11,13,26H,12H2,1-3H3,(H2,22,23,24,25)/t13-/m0/s1. The minimum absolute atomic E-state index is 0.0321. The van der Waals surface area contributed by atoms with Crippen LogP contribution in [0.4, 0.5) is 17.5 Å². The second-order valence-electron chi connectivity index (χ2n) is 6.10. The van der Waals surface area contributed by atoms with Gasteiger partial charge in [0, 0.05) is 30.1 Å². The molecule has 0 aliphatic rings. The molecule has 0 aliphatic heterocycles. The summed E-state index contributed by atoms with van der Waals surface area (Å²) in [4.78, 5) is 13.4. The molecule has 0 saturated heterocycles. The molecule has 0 radical (unpaired) electrons. The van der Waals surface area contributed by atoms with Gasteiger partial charge in [-0.25, -0.2) is 4.98 Å². The molecule has 0 spiro atoms. The number of pyridine rings is 1. The van der Waals surface area contributed by atoms with Crippen molar-refractivity contribution in [2.24, 2.45) is 0 Å². The van der Waals surface area contributed by atoms with Gasteiger partial charge in [0.05, 0.1) is 32.2 Å². The van der Waals surface area contributed by atoms with Crippen LogP contribution in [0.3, 0.4) is 0 Å². The molecule has 3 aromatic rings. The van der Waals surface area contributed by atoms with Crippen LogP contribution in [0.1, 0.15) is 6.92 Å². The van der Waals surface area contributed by atoms with Gasteiger partial charge in [0.2, 0.25) is 5.95 Å². The van der Waals surface area contributed by atoms with E-state index in [0.717, 1.165) is 11.4 Å². The average molecular weight is 381 g/mol. The quantitative estimate of drug-likeness (QED) is 0.547. The van der Waals surface area contributed by atoms with E-state index in [2.05, 4.69) is 25.6 Å². The van der Waals surface area contributed by atoms with Crippen molar-refractivity contribution >= 4 is 17.5 Å². The van der Waals surface area contributed by atoms with E-state index in [-0.39, 0.29) is 12.6 Å². The van der Waals surface area contributed by atoms with Crippen molar-refractivity contribution < 1.29 is 14.6 Å². The smallest absolute Gasteiger partial charge is 0.225 e. The third kappa shape index (κ3) is 4.66. The van der Waals surface area contributed by atoms with Crippen LogP contribution in [0.25, 0.3) is 11.4 Å². The highest BCUT2D eigenvalue weighted by atomic mass is 16.5. The molecule has 2 aromatic heterocycles. The molecular formula is C20H23N5O3. The summed E-state index contributed by atoms with van der Waals surface area (Å²) in [5.74, 6) is 2.23. The Balaban J connectivity index is 1.96. The highest BCUT2D eigenvalue weighted by Gasteiger charge is 2.11. The second kappa shape index (κ2) is 9.01. The van der Waals surface area contributed by atoms with Crippen molar-refractivity contribution in [3.8, 4) is 22.9 Å². The largest absolute Gasteiger partial charge is 0.493 e. The molecule has 0 saturated carbocycles. The van der Waals surface area contributed by atoms with Gasteiger partial charge in [-0.2, -0.15) is 4.98 Å². The number of benzene rings is 1. The predicted octanol–water partition coefficient (Wildman–Crippen LogP) is 3.09. The molecule has 146 valence electrons. The third-order valence-corrected chi connectivity index (χ3v) is 3.96. The molecule has 0 aliphatic carbocycles. The van der Waals surface area contributed by atoms with E-state index in [1.165, 1.54) is 0 Å². The molecule has 1 aromatic carbocycles. The molecule has 3 rings (SSSR count). The number of rotatable bonds is 8. The lowest BCUT2D eigenvalue weighted by Gasteiger charge is -2.15. The van der Waals surface area contributed by atoms with Gasteiger partial charge in [-0.3, -0.25) is 4.98 Å². The van der Waals surface area contributed by atoms with E-state index < -0.39 is 0 Å². The van der Waals surface area contributed by atoms with Crippen LogP contribution in [0.2, 0.25) is 0 Å². The maximum atomic E-state index is 9.32. The van der Waals surface area contributed by atoms with Crippen molar-refractivity contribution in [2.75, 3.05) is 31.5 Å². The third-order valence-electron chi connectivity index (χ3n) is 3.96. The van der Waals surface area contributed by atoms with Crippen molar-refractivity contribution in [3.05, 3.63) is 48.7 Å². The maximum absolute atomic E-state index is 9.32. The summed E-state index contributed by atoms with van der Waals surface area (Å²) in [6.07, 6.45) is 1.71. The number of methoxy groups -OCH3 is 2. The van der Waals surface area contributed by atoms with Gasteiger partial charge in [0.15, 0.2) is 11.5 Å². The molecule has 0 amide bonds. The zero-order valence-corrected chi connectivity index (χ0v) is 16.0. The molecular weight excluding hydrogens is 358 g/mol. The van der Waals surface area contributed by atoms with Gasteiger partial charge in [-0.15, -0.1) is 0 Å². The topological polar surface area (TPSA) is 101 Å². The SMILES string of the molecule is COc1ccc(Nc2cc(-c3ccccn3)nc(N[C@@H](C)CO)n2)cc1OC. The Morgan fingerprint density at radius 1 is 1.00 bits per heavy atom. The number of aliphatic hydroxyl groups excluding tert-OH is 1. The van der Waals surface area contributed by atoms with E-state index in [0.29, 0.717) is 29.0 Å². The van der Waals surface area contributed by atoms with E-state index in [1.54, 1.807) is 20.4 Å². The molecule has 1 atom stereocenters. The minimum atomic E-state index is -0.187. The Morgan fingerprint density at radius 3 is 2.50 bits per heavy atom. The molecule has 0 fully saturated rings. The monoisotopic (exact) mass is 381 g/mol. The number of ether oxygens (including phenoxy) is 2. The number of hydrogen-bond acceptors (Lipinski definition) is 8. The second-order valence-corrected chi connectivity index (χ2v) is 6.10. The number of anilines is 3. The minimum Gasteiger partial charge on any atom is -0.493 e. The van der Waals surface area contributed by atoms with Crippen LogP contribution in [0.15, 0.2) is 48.7 Å². The van der Waals surface area contributed by atoms with Crippen molar-refractivity contribution in [1.82, 2.24) is 15.0 Å². The Morgan fingerprint density at radius 2 is 1.82 bits per heavy atom.